The second kappa shape index (κ2) is 7.74. The summed E-state index contributed by atoms with van der Waals surface area (Å²) in [6.07, 6.45) is -0.105. The Morgan fingerprint density at radius 1 is 1.23 bits per heavy atom. The summed E-state index contributed by atoms with van der Waals surface area (Å²) in [6.45, 7) is 8.27. The quantitative estimate of drug-likeness (QED) is 0.830. The fraction of sp³-hybridized carbons (Fsp3) is 0.500. The Hall–Kier alpha value is -1.40. The fourth-order valence-corrected chi connectivity index (χ4v) is 3.07. The van der Waals surface area contributed by atoms with Gasteiger partial charge in [0.1, 0.15) is 6.42 Å². The number of anilines is 1. The Kier molecular flexibility index (Phi) is 5.97. The Bertz CT molecular complexity index is 554. The summed E-state index contributed by atoms with van der Waals surface area (Å²) in [5.41, 5.74) is 1.80. The SMILES string of the molecule is CCN1CCN(C(=O)CC(=O)Nc2ccc(C)cc2Br)CC1. The number of halogens is 1. The standard InChI is InChI=1S/C16H22BrN3O2/c1-3-19-6-8-20(9-7-19)16(22)11-15(21)18-14-5-4-12(2)10-13(14)17/h4-5,10H,3,6-9,11H2,1-2H3,(H,18,21). The lowest BCUT2D eigenvalue weighted by Crippen LogP contribution is -2.49. The van der Waals surface area contributed by atoms with Crippen LogP contribution in [-0.2, 0) is 9.59 Å². The molecule has 1 saturated heterocycles. The number of carbonyl (C=O) groups is 2. The van der Waals surface area contributed by atoms with E-state index in [0.717, 1.165) is 29.7 Å². The van der Waals surface area contributed by atoms with E-state index in [9.17, 15) is 9.59 Å². The third-order valence-electron chi connectivity index (χ3n) is 3.88. The van der Waals surface area contributed by atoms with E-state index in [0.29, 0.717) is 18.8 Å². The second-order valence-corrected chi connectivity index (χ2v) is 6.38. The van der Waals surface area contributed by atoms with Crippen molar-refractivity contribution in [3.8, 4) is 0 Å². The molecule has 1 aromatic rings. The maximum absolute atomic E-state index is 12.2. The van der Waals surface area contributed by atoms with Crippen LogP contribution in [0.2, 0.25) is 0 Å². The van der Waals surface area contributed by atoms with Crippen LogP contribution in [0.1, 0.15) is 18.9 Å². The molecule has 1 heterocycles. The van der Waals surface area contributed by atoms with Gasteiger partial charge in [-0.1, -0.05) is 13.0 Å². The zero-order chi connectivity index (χ0) is 16.1. The smallest absolute Gasteiger partial charge is 0.233 e. The van der Waals surface area contributed by atoms with Crippen molar-refractivity contribution < 1.29 is 9.59 Å². The van der Waals surface area contributed by atoms with Crippen molar-refractivity contribution in [1.82, 2.24) is 9.80 Å². The highest BCUT2D eigenvalue weighted by molar-refractivity contribution is 9.10. The number of benzene rings is 1. The molecule has 1 aromatic carbocycles. The van der Waals surface area contributed by atoms with Crippen LogP contribution in [0.4, 0.5) is 5.69 Å². The summed E-state index contributed by atoms with van der Waals surface area (Å²) < 4.78 is 0.824. The van der Waals surface area contributed by atoms with E-state index in [1.54, 1.807) is 4.90 Å². The zero-order valence-electron chi connectivity index (χ0n) is 13.1. The Morgan fingerprint density at radius 2 is 1.91 bits per heavy atom. The lowest BCUT2D eigenvalue weighted by atomic mass is 10.2. The first-order chi connectivity index (χ1) is 10.5. The molecule has 0 unspecified atom stereocenters. The molecule has 0 saturated carbocycles. The van der Waals surface area contributed by atoms with Gasteiger partial charge in [0.25, 0.3) is 0 Å². The number of carbonyl (C=O) groups excluding carboxylic acids is 2. The van der Waals surface area contributed by atoms with Crippen LogP contribution in [0.15, 0.2) is 22.7 Å². The van der Waals surface area contributed by atoms with E-state index < -0.39 is 0 Å². The molecule has 5 nitrogen and oxygen atoms in total. The molecule has 1 fully saturated rings. The number of piperazine rings is 1. The average Bonchev–Trinajstić information content (AvgIpc) is 2.50. The van der Waals surface area contributed by atoms with Gasteiger partial charge in [-0.15, -0.1) is 0 Å². The van der Waals surface area contributed by atoms with E-state index in [-0.39, 0.29) is 18.2 Å². The van der Waals surface area contributed by atoms with Crippen LogP contribution >= 0.6 is 15.9 Å². The summed E-state index contributed by atoms with van der Waals surface area (Å²) in [6, 6.07) is 5.69. The van der Waals surface area contributed by atoms with Gasteiger partial charge in [0.05, 0.1) is 5.69 Å². The van der Waals surface area contributed by atoms with Crippen molar-refractivity contribution in [1.29, 1.82) is 0 Å². The van der Waals surface area contributed by atoms with Gasteiger partial charge in [0.15, 0.2) is 0 Å². The van der Waals surface area contributed by atoms with Gasteiger partial charge in [-0.3, -0.25) is 9.59 Å². The molecule has 0 aliphatic carbocycles. The monoisotopic (exact) mass is 367 g/mol. The van der Waals surface area contributed by atoms with Gasteiger partial charge in [0, 0.05) is 30.7 Å². The van der Waals surface area contributed by atoms with Crippen molar-refractivity contribution in [2.75, 3.05) is 38.0 Å². The maximum Gasteiger partial charge on any atom is 0.233 e. The Balaban J connectivity index is 1.85. The van der Waals surface area contributed by atoms with Gasteiger partial charge < -0.3 is 15.1 Å². The van der Waals surface area contributed by atoms with Crippen LogP contribution in [0, 0.1) is 6.92 Å². The van der Waals surface area contributed by atoms with Crippen LogP contribution < -0.4 is 5.32 Å². The van der Waals surface area contributed by atoms with E-state index >= 15 is 0 Å². The molecule has 2 rings (SSSR count). The lowest BCUT2D eigenvalue weighted by Gasteiger charge is -2.34. The number of aryl methyl sites for hydroxylation is 1. The topological polar surface area (TPSA) is 52.7 Å². The Morgan fingerprint density at radius 3 is 2.50 bits per heavy atom. The van der Waals surface area contributed by atoms with Crippen LogP contribution in [-0.4, -0.2) is 54.3 Å². The molecule has 2 amide bonds. The third kappa shape index (κ3) is 4.55. The third-order valence-corrected chi connectivity index (χ3v) is 4.54. The van der Waals surface area contributed by atoms with Crippen molar-refractivity contribution >= 4 is 33.4 Å². The van der Waals surface area contributed by atoms with E-state index in [1.807, 2.05) is 25.1 Å². The molecule has 1 aliphatic heterocycles. The van der Waals surface area contributed by atoms with Crippen molar-refractivity contribution in [2.24, 2.45) is 0 Å². The number of likely N-dealkylation sites (N-methyl/N-ethyl adjacent to an activating group) is 1. The van der Waals surface area contributed by atoms with Crippen LogP contribution in [0.5, 0.6) is 0 Å². The highest BCUT2D eigenvalue weighted by Gasteiger charge is 2.22. The first-order valence-electron chi connectivity index (χ1n) is 7.55. The molecular weight excluding hydrogens is 346 g/mol. The van der Waals surface area contributed by atoms with Gasteiger partial charge in [-0.05, 0) is 47.1 Å². The van der Waals surface area contributed by atoms with Crippen molar-refractivity contribution in [2.45, 2.75) is 20.3 Å². The first-order valence-corrected chi connectivity index (χ1v) is 8.35. The van der Waals surface area contributed by atoms with Crippen LogP contribution in [0.25, 0.3) is 0 Å². The minimum absolute atomic E-state index is 0.100. The molecule has 120 valence electrons. The highest BCUT2D eigenvalue weighted by atomic mass is 79.9. The summed E-state index contributed by atoms with van der Waals surface area (Å²) in [5.74, 6) is -0.371. The number of hydrogen-bond acceptors (Lipinski definition) is 3. The molecule has 22 heavy (non-hydrogen) atoms. The second-order valence-electron chi connectivity index (χ2n) is 5.52. The molecule has 0 radical (unpaired) electrons. The van der Waals surface area contributed by atoms with Gasteiger partial charge in [-0.25, -0.2) is 0 Å². The predicted molar refractivity (Wildman–Crippen MR) is 90.8 cm³/mol. The van der Waals surface area contributed by atoms with E-state index in [4.69, 9.17) is 0 Å². The summed E-state index contributed by atoms with van der Waals surface area (Å²) >= 11 is 3.42. The number of hydrogen-bond donors (Lipinski definition) is 1. The highest BCUT2D eigenvalue weighted by Crippen LogP contribution is 2.23. The number of amides is 2. The number of nitrogens with zero attached hydrogens (tertiary/aromatic N) is 2. The minimum Gasteiger partial charge on any atom is -0.340 e. The van der Waals surface area contributed by atoms with Gasteiger partial charge in [0.2, 0.25) is 11.8 Å². The first kappa shape index (κ1) is 17.0. The molecule has 0 aromatic heterocycles. The molecule has 0 spiro atoms. The fourth-order valence-electron chi connectivity index (χ4n) is 2.48. The largest absolute Gasteiger partial charge is 0.340 e. The normalized spacial score (nSPS) is 15.7. The van der Waals surface area contributed by atoms with Crippen molar-refractivity contribution in [3.63, 3.8) is 0 Å². The maximum atomic E-state index is 12.2. The molecule has 1 aliphatic rings. The summed E-state index contributed by atoms with van der Waals surface area (Å²) in [5, 5.41) is 2.78. The summed E-state index contributed by atoms with van der Waals surface area (Å²) in [7, 11) is 0. The number of nitrogens with one attached hydrogen (secondary N) is 1. The summed E-state index contributed by atoms with van der Waals surface area (Å²) in [4.78, 5) is 28.3. The zero-order valence-corrected chi connectivity index (χ0v) is 14.6. The van der Waals surface area contributed by atoms with Crippen LogP contribution in [0.3, 0.4) is 0 Å². The molecule has 6 heteroatoms. The lowest BCUT2D eigenvalue weighted by molar-refractivity contribution is -0.136. The molecule has 0 atom stereocenters. The van der Waals surface area contributed by atoms with Crippen molar-refractivity contribution in [3.05, 3.63) is 28.2 Å². The van der Waals surface area contributed by atoms with Gasteiger partial charge in [-0.2, -0.15) is 0 Å². The number of rotatable bonds is 4. The molecular formula is C16H22BrN3O2. The Labute approximate surface area is 139 Å². The predicted octanol–water partition coefficient (Wildman–Crippen LogP) is 2.25. The van der Waals surface area contributed by atoms with E-state index in [2.05, 4.69) is 33.1 Å². The van der Waals surface area contributed by atoms with E-state index in [1.165, 1.54) is 0 Å². The molecule has 1 N–H and O–H groups in total. The van der Waals surface area contributed by atoms with Gasteiger partial charge >= 0.3 is 0 Å². The molecule has 0 bridgehead atoms. The minimum atomic E-state index is -0.271. The average molecular weight is 368 g/mol.